The number of carbonyl (C=O) groups is 2. The minimum Gasteiger partial charge on any atom is -0.497 e. The first-order valence-electron chi connectivity index (χ1n) is 15.3. The summed E-state index contributed by atoms with van der Waals surface area (Å²) in [6, 6.07) is 18.9. The molecule has 1 saturated heterocycles. The maximum absolute atomic E-state index is 12.8. The van der Waals surface area contributed by atoms with E-state index >= 15 is 0 Å². The second kappa shape index (κ2) is 15.1. The van der Waals surface area contributed by atoms with Gasteiger partial charge in [0.1, 0.15) is 22.6 Å². The van der Waals surface area contributed by atoms with Gasteiger partial charge < -0.3 is 30.5 Å². The Kier molecular flexibility index (Phi) is 10.7. The van der Waals surface area contributed by atoms with Crippen LogP contribution >= 0.6 is 0 Å². The predicted molar refractivity (Wildman–Crippen MR) is 175 cm³/mol. The number of halogens is 3. The molecule has 2 aromatic carbocycles. The highest BCUT2D eigenvalue weighted by molar-refractivity contribution is 6.03. The molecule has 1 aliphatic rings. The fourth-order valence-electron chi connectivity index (χ4n) is 5.05. The van der Waals surface area contributed by atoms with E-state index in [-0.39, 0.29) is 11.9 Å². The van der Waals surface area contributed by atoms with E-state index in [1.165, 1.54) is 0 Å². The quantitative estimate of drug-likeness (QED) is 0.160. The minimum atomic E-state index is -5.08. The highest BCUT2D eigenvalue weighted by atomic mass is 19.4. The van der Waals surface area contributed by atoms with Crippen molar-refractivity contribution in [3.63, 3.8) is 0 Å². The molecule has 0 bridgehead atoms. The average molecular weight is 681 g/mol. The third kappa shape index (κ3) is 8.84. The van der Waals surface area contributed by atoms with Gasteiger partial charge in [-0.25, -0.2) is 14.5 Å². The summed E-state index contributed by atoms with van der Waals surface area (Å²) >= 11 is 0. The molecule has 4 heterocycles. The van der Waals surface area contributed by atoms with Crippen LogP contribution in [0.3, 0.4) is 0 Å². The van der Waals surface area contributed by atoms with Crippen molar-refractivity contribution in [1.82, 2.24) is 29.9 Å². The fraction of sp³-hybridized carbons (Fsp3) is 0.303. The summed E-state index contributed by atoms with van der Waals surface area (Å²) in [6.45, 7) is 4.36. The Bertz CT molecular complexity index is 1880. The van der Waals surface area contributed by atoms with E-state index < -0.39 is 12.1 Å². The van der Waals surface area contributed by atoms with Crippen molar-refractivity contribution in [2.24, 2.45) is 7.05 Å². The lowest BCUT2D eigenvalue weighted by molar-refractivity contribution is -0.192. The van der Waals surface area contributed by atoms with Crippen LogP contribution in [-0.4, -0.2) is 73.9 Å². The van der Waals surface area contributed by atoms with Crippen LogP contribution in [0.2, 0.25) is 0 Å². The molecule has 16 heteroatoms. The zero-order chi connectivity index (χ0) is 35.1. The number of hydrogen-bond donors (Lipinski definition) is 4. The number of alkyl halides is 3. The summed E-state index contributed by atoms with van der Waals surface area (Å²) in [4.78, 5) is 26.3. The lowest BCUT2D eigenvalue weighted by atomic mass is 10.1. The molecule has 1 amide bonds. The number of aromatic nitrogens is 5. The molecular weight excluding hydrogens is 645 g/mol. The first-order chi connectivity index (χ1) is 23.4. The topological polar surface area (TPSA) is 157 Å². The molecule has 0 saturated carbocycles. The fourth-order valence-corrected chi connectivity index (χ4v) is 5.05. The van der Waals surface area contributed by atoms with Gasteiger partial charge in [-0.2, -0.15) is 23.4 Å². The summed E-state index contributed by atoms with van der Waals surface area (Å²) in [6.07, 6.45) is -1.20. The molecule has 6 rings (SSSR count). The molecule has 258 valence electrons. The Morgan fingerprint density at radius 1 is 1.06 bits per heavy atom. The van der Waals surface area contributed by atoms with Crippen LogP contribution in [0.4, 0.5) is 24.8 Å². The molecule has 13 nitrogen and oxygen atoms in total. The number of nitrogens with zero attached hydrogens (tertiary/aromatic N) is 5. The van der Waals surface area contributed by atoms with Gasteiger partial charge in [-0.3, -0.25) is 9.48 Å². The monoisotopic (exact) mass is 680 g/mol. The summed E-state index contributed by atoms with van der Waals surface area (Å²) in [7, 11) is 3.49. The maximum atomic E-state index is 12.8. The van der Waals surface area contributed by atoms with Gasteiger partial charge in [0, 0.05) is 49.2 Å². The number of anilines is 2. The molecule has 4 N–H and O–H groups in total. The molecule has 1 atom stereocenters. The van der Waals surface area contributed by atoms with Gasteiger partial charge in [0.2, 0.25) is 0 Å². The van der Waals surface area contributed by atoms with Gasteiger partial charge >= 0.3 is 12.1 Å². The van der Waals surface area contributed by atoms with Gasteiger partial charge in [-0.15, -0.1) is 0 Å². The summed E-state index contributed by atoms with van der Waals surface area (Å²) in [5.41, 5.74) is 3.26. The largest absolute Gasteiger partial charge is 0.497 e. The number of hydrogen-bond acceptors (Lipinski definition) is 9. The van der Waals surface area contributed by atoms with Crippen LogP contribution in [0.5, 0.6) is 17.2 Å². The third-order valence-corrected chi connectivity index (χ3v) is 7.67. The average Bonchev–Trinajstić information content (AvgIpc) is 3.59. The molecule has 0 radical (unpaired) electrons. The number of nitrogens with one attached hydrogen (secondary N) is 3. The van der Waals surface area contributed by atoms with Crippen LogP contribution in [0.25, 0.3) is 11.0 Å². The van der Waals surface area contributed by atoms with Crippen LogP contribution in [-0.2, 0) is 18.4 Å². The molecule has 3 aromatic heterocycles. The first-order valence-corrected chi connectivity index (χ1v) is 15.3. The van der Waals surface area contributed by atoms with E-state index in [2.05, 4.69) is 21.0 Å². The number of carbonyl (C=O) groups excluding carboxylic acids is 1. The SMILES string of the molecule is COc1ccc(Cn2nc(N[C@@H]3CCCNC3)c3c(Oc4ccc(C(=O)Nc5cc(C)n(C)n5)cc4)ccnc32)cc1.O=C(O)C(F)(F)F. The van der Waals surface area contributed by atoms with E-state index in [1.54, 1.807) is 42.3 Å². The van der Waals surface area contributed by atoms with Crippen molar-refractivity contribution < 1.29 is 37.3 Å². The standard InChI is InChI=1S/C31H34N8O3.C2HF3O2/c1-20-17-27(36-38(20)2)35-31(40)22-8-12-25(13-9-22)42-26-14-16-33-30-28(26)29(34-23-5-4-15-32-18-23)37-39(30)19-21-6-10-24(41-3)11-7-21;3-2(4,5)1(6)7/h6-14,16-17,23,32H,4-5,15,18-19H2,1-3H3,(H,34,37)(H,35,36,40);(H,6,7)/t23-;/m1./s1. The lowest BCUT2D eigenvalue weighted by Gasteiger charge is -2.23. The highest BCUT2D eigenvalue weighted by Crippen LogP contribution is 2.35. The smallest absolute Gasteiger partial charge is 0.490 e. The molecule has 0 unspecified atom stereocenters. The van der Waals surface area contributed by atoms with Crippen molar-refractivity contribution in [3.05, 3.63) is 83.7 Å². The molecule has 0 spiro atoms. The Morgan fingerprint density at radius 2 is 1.76 bits per heavy atom. The van der Waals surface area contributed by atoms with E-state index in [0.29, 0.717) is 29.4 Å². The van der Waals surface area contributed by atoms with Crippen molar-refractivity contribution in [3.8, 4) is 17.2 Å². The van der Waals surface area contributed by atoms with Gasteiger partial charge in [-0.1, -0.05) is 12.1 Å². The number of carboxylic acids is 1. The van der Waals surface area contributed by atoms with Crippen LogP contribution in [0.1, 0.15) is 34.5 Å². The highest BCUT2D eigenvalue weighted by Gasteiger charge is 2.38. The van der Waals surface area contributed by atoms with Crippen LogP contribution in [0, 0.1) is 6.92 Å². The van der Waals surface area contributed by atoms with Gasteiger partial charge in [0.15, 0.2) is 17.3 Å². The molecule has 49 heavy (non-hydrogen) atoms. The molecule has 1 fully saturated rings. The predicted octanol–water partition coefficient (Wildman–Crippen LogP) is 5.37. The molecule has 1 aliphatic heterocycles. The number of piperidine rings is 1. The van der Waals surface area contributed by atoms with Crippen LogP contribution < -0.4 is 25.4 Å². The van der Waals surface area contributed by atoms with Gasteiger partial charge in [0.05, 0.1) is 13.7 Å². The Balaban J connectivity index is 0.000000606. The normalized spacial score (nSPS) is 14.4. The van der Waals surface area contributed by atoms with Crippen molar-refractivity contribution >= 4 is 34.5 Å². The van der Waals surface area contributed by atoms with E-state index in [0.717, 1.165) is 59.8 Å². The maximum Gasteiger partial charge on any atom is 0.490 e. The number of aryl methyl sites for hydroxylation is 2. The molecular formula is C33H35F3N8O5. The van der Waals surface area contributed by atoms with E-state index in [4.69, 9.17) is 29.5 Å². The number of ether oxygens (including phenoxy) is 2. The second-order valence-electron chi connectivity index (χ2n) is 11.2. The number of rotatable bonds is 9. The number of methoxy groups -OCH3 is 1. The Morgan fingerprint density at radius 3 is 2.35 bits per heavy atom. The molecule has 0 aliphatic carbocycles. The zero-order valence-electron chi connectivity index (χ0n) is 26.9. The number of amides is 1. The van der Waals surface area contributed by atoms with Crippen molar-refractivity contribution in [1.29, 1.82) is 0 Å². The number of fused-ring (bicyclic) bond motifs is 1. The Hall–Kier alpha value is -5.64. The lowest BCUT2D eigenvalue weighted by Crippen LogP contribution is -2.38. The third-order valence-electron chi connectivity index (χ3n) is 7.67. The first kappa shape index (κ1) is 34.7. The Labute approximate surface area is 279 Å². The van der Waals surface area contributed by atoms with Crippen molar-refractivity contribution in [2.45, 2.75) is 38.5 Å². The van der Waals surface area contributed by atoms with Gasteiger partial charge in [0.25, 0.3) is 5.91 Å². The van der Waals surface area contributed by atoms with E-state index in [9.17, 15) is 18.0 Å². The van der Waals surface area contributed by atoms with E-state index in [1.807, 2.05) is 55.1 Å². The minimum absolute atomic E-state index is 0.238. The van der Waals surface area contributed by atoms with Crippen LogP contribution in [0.15, 0.2) is 66.9 Å². The zero-order valence-corrected chi connectivity index (χ0v) is 26.9. The number of pyridine rings is 1. The van der Waals surface area contributed by atoms with Gasteiger partial charge in [-0.05, 0) is 68.3 Å². The number of aliphatic carboxylic acids is 1. The summed E-state index contributed by atoms with van der Waals surface area (Å²) in [5, 5.41) is 27.1. The number of benzene rings is 2. The molecule has 5 aromatic rings. The summed E-state index contributed by atoms with van der Waals surface area (Å²) in [5.74, 6) is 0.289. The van der Waals surface area contributed by atoms with Crippen molar-refractivity contribution in [2.75, 3.05) is 30.8 Å². The summed E-state index contributed by atoms with van der Waals surface area (Å²) < 4.78 is 47.0. The second-order valence-corrected chi connectivity index (χ2v) is 11.2. The number of carboxylic acid groups (broad SMARTS) is 1.